The van der Waals surface area contributed by atoms with Gasteiger partial charge in [0, 0.05) is 11.8 Å². The number of thioether (sulfide) groups is 1. The molecule has 0 fully saturated rings. The fourth-order valence-electron chi connectivity index (χ4n) is 2.61. The predicted octanol–water partition coefficient (Wildman–Crippen LogP) is 3.42. The number of rotatable bonds is 6. The number of hydrogen-bond donors (Lipinski definition) is 1. The van der Waals surface area contributed by atoms with Crippen LogP contribution >= 0.6 is 11.8 Å². The largest absolute Gasteiger partial charge is 0.492 e. The average molecular weight is 265 g/mol. The van der Waals surface area contributed by atoms with E-state index in [-0.39, 0.29) is 0 Å². The zero-order chi connectivity index (χ0) is 12.8. The Hall–Kier alpha value is -0.670. The van der Waals surface area contributed by atoms with Crippen LogP contribution in [0.3, 0.4) is 0 Å². The number of ether oxygens (including phenoxy) is 1. The van der Waals surface area contributed by atoms with Crippen molar-refractivity contribution in [3.05, 3.63) is 29.3 Å². The van der Waals surface area contributed by atoms with E-state index in [0.29, 0.717) is 6.04 Å². The van der Waals surface area contributed by atoms with Crippen molar-refractivity contribution in [1.29, 1.82) is 0 Å². The maximum absolute atomic E-state index is 5.95. The molecule has 0 saturated carbocycles. The maximum Gasteiger partial charge on any atom is 0.122 e. The summed E-state index contributed by atoms with van der Waals surface area (Å²) in [6, 6.07) is 6.98. The molecule has 0 spiro atoms. The highest BCUT2D eigenvalue weighted by Crippen LogP contribution is 2.35. The molecule has 0 heterocycles. The third-order valence-corrected chi connectivity index (χ3v) is 4.37. The molecule has 0 amide bonds. The van der Waals surface area contributed by atoms with Crippen LogP contribution in [0.5, 0.6) is 5.75 Å². The summed E-state index contributed by atoms with van der Waals surface area (Å²) in [6.45, 7) is 3.01. The van der Waals surface area contributed by atoms with E-state index in [0.717, 1.165) is 30.3 Å². The van der Waals surface area contributed by atoms with Gasteiger partial charge in [0.2, 0.25) is 0 Å². The first-order valence-corrected chi connectivity index (χ1v) is 8.02. The zero-order valence-electron chi connectivity index (χ0n) is 11.4. The average Bonchev–Trinajstić information content (AvgIpc) is 2.43. The van der Waals surface area contributed by atoms with E-state index in [1.54, 1.807) is 0 Å². The Balaban J connectivity index is 2.07. The molecular weight excluding hydrogens is 242 g/mol. The van der Waals surface area contributed by atoms with Gasteiger partial charge in [-0.3, -0.25) is 0 Å². The topological polar surface area (TPSA) is 21.3 Å². The molecule has 2 nitrogen and oxygen atoms in total. The van der Waals surface area contributed by atoms with Gasteiger partial charge < -0.3 is 10.1 Å². The summed E-state index contributed by atoms with van der Waals surface area (Å²) in [6.07, 6.45) is 3.64. The van der Waals surface area contributed by atoms with Gasteiger partial charge in [-0.1, -0.05) is 19.1 Å². The molecule has 1 aliphatic carbocycles. The number of benzene rings is 1. The first-order valence-electron chi connectivity index (χ1n) is 6.86. The van der Waals surface area contributed by atoms with Crippen LogP contribution in [0.25, 0.3) is 0 Å². The molecule has 1 aromatic rings. The lowest BCUT2D eigenvalue weighted by atomic mass is 9.87. The minimum absolute atomic E-state index is 0.502. The molecular formula is C15H23NOS. The van der Waals surface area contributed by atoms with Crippen LogP contribution < -0.4 is 10.1 Å². The van der Waals surface area contributed by atoms with Crippen molar-refractivity contribution in [2.45, 2.75) is 32.2 Å². The van der Waals surface area contributed by atoms with E-state index in [1.165, 1.54) is 24.0 Å². The smallest absolute Gasteiger partial charge is 0.122 e. The second-order valence-electron chi connectivity index (χ2n) is 4.60. The van der Waals surface area contributed by atoms with Crippen LogP contribution in [0.15, 0.2) is 18.2 Å². The van der Waals surface area contributed by atoms with E-state index >= 15 is 0 Å². The monoisotopic (exact) mass is 265 g/mol. The van der Waals surface area contributed by atoms with Gasteiger partial charge in [0.25, 0.3) is 0 Å². The molecule has 0 bridgehead atoms. The van der Waals surface area contributed by atoms with Crippen molar-refractivity contribution in [3.8, 4) is 5.75 Å². The van der Waals surface area contributed by atoms with E-state index in [2.05, 4.69) is 30.4 Å². The highest BCUT2D eigenvalue weighted by molar-refractivity contribution is 7.99. The Labute approximate surface area is 114 Å². The summed E-state index contributed by atoms with van der Waals surface area (Å²) in [4.78, 5) is 0. The highest BCUT2D eigenvalue weighted by atomic mass is 32.2. The molecule has 2 rings (SSSR count). The number of nitrogens with one attached hydrogen (secondary N) is 1. The second-order valence-corrected chi connectivity index (χ2v) is 6.00. The van der Waals surface area contributed by atoms with Gasteiger partial charge in [-0.05, 0) is 49.3 Å². The Morgan fingerprint density at radius 3 is 3.11 bits per heavy atom. The van der Waals surface area contributed by atoms with Crippen LogP contribution in [0, 0.1) is 0 Å². The number of fused-ring (bicyclic) bond motifs is 1. The van der Waals surface area contributed by atoms with Gasteiger partial charge in [0.1, 0.15) is 5.75 Å². The van der Waals surface area contributed by atoms with Crippen LogP contribution in [0.2, 0.25) is 0 Å². The molecule has 0 aliphatic heterocycles. The van der Waals surface area contributed by atoms with Crippen LogP contribution in [0.4, 0.5) is 0 Å². The van der Waals surface area contributed by atoms with Gasteiger partial charge in [-0.2, -0.15) is 11.8 Å². The maximum atomic E-state index is 5.95. The molecule has 0 aromatic heterocycles. The summed E-state index contributed by atoms with van der Waals surface area (Å²) in [7, 11) is 2.05. The molecule has 1 aliphatic rings. The van der Waals surface area contributed by atoms with Crippen LogP contribution in [-0.2, 0) is 6.42 Å². The van der Waals surface area contributed by atoms with Crippen molar-refractivity contribution in [3.63, 3.8) is 0 Å². The fourth-order valence-corrected chi connectivity index (χ4v) is 3.09. The fraction of sp³-hybridized carbons (Fsp3) is 0.600. The van der Waals surface area contributed by atoms with Crippen molar-refractivity contribution >= 4 is 11.8 Å². The van der Waals surface area contributed by atoms with Gasteiger partial charge in [0.15, 0.2) is 0 Å². The standard InChI is InChI=1S/C15H23NOS/c1-3-18-11-10-17-15-9-5-6-12-13(15)7-4-8-14(12)16-2/h5-6,9,14,16H,3-4,7-8,10-11H2,1-2H3. The van der Waals surface area contributed by atoms with E-state index in [4.69, 9.17) is 4.74 Å². The Morgan fingerprint density at radius 2 is 2.33 bits per heavy atom. The second kappa shape index (κ2) is 7.05. The first kappa shape index (κ1) is 13.8. The van der Waals surface area contributed by atoms with Crippen molar-refractivity contribution in [2.75, 3.05) is 25.2 Å². The van der Waals surface area contributed by atoms with Gasteiger partial charge in [-0.25, -0.2) is 0 Å². The minimum Gasteiger partial charge on any atom is -0.492 e. The summed E-state index contributed by atoms with van der Waals surface area (Å²) in [5.74, 6) is 3.34. The Kier molecular flexibility index (Phi) is 5.39. The highest BCUT2D eigenvalue weighted by Gasteiger charge is 2.21. The van der Waals surface area contributed by atoms with Gasteiger partial charge in [0.05, 0.1) is 6.61 Å². The lowest BCUT2D eigenvalue weighted by molar-refractivity contribution is 0.335. The first-order chi connectivity index (χ1) is 8.86. The lowest BCUT2D eigenvalue weighted by Gasteiger charge is -2.26. The zero-order valence-corrected chi connectivity index (χ0v) is 12.2. The molecule has 100 valence electrons. The predicted molar refractivity (Wildman–Crippen MR) is 79.7 cm³/mol. The van der Waals surface area contributed by atoms with Gasteiger partial charge in [-0.15, -0.1) is 0 Å². The van der Waals surface area contributed by atoms with E-state index in [9.17, 15) is 0 Å². The van der Waals surface area contributed by atoms with Crippen LogP contribution in [0.1, 0.15) is 36.9 Å². The molecule has 18 heavy (non-hydrogen) atoms. The van der Waals surface area contributed by atoms with Gasteiger partial charge >= 0.3 is 0 Å². The molecule has 1 unspecified atom stereocenters. The van der Waals surface area contributed by atoms with Crippen molar-refractivity contribution in [2.24, 2.45) is 0 Å². The third kappa shape index (κ3) is 3.21. The van der Waals surface area contributed by atoms with E-state index in [1.807, 2.05) is 18.8 Å². The molecule has 1 atom stereocenters. The minimum atomic E-state index is 0.502. The van der Waals surface area contributed by atoms with Crippen molar-refractivity contribution in [1.82, 2.24) is 5.32 Å². The van der Waals surface area contributed by atoms with Crippen LogP contribution in [-0.4, -0.2) is 25.2 Å². The summed E-state index contributed by atoms with van der Waals surface area (Å²) >= 11 is 1.93. The third-order valence-electron chi connectivity index (χ3n) is 3.50. The SMILES string of the molecule is CCSCCOc1cccc2c1CCCC2NC. The Morgan fingerprint density at radius 1 is 1.44 bits per heavy atom. The molecule has 0 radical (unpaired) electrons. The summed E-state index contributed by atoms with van der Waals surface area (Å²) in [5.41, 5.74) is 2.86. The molecule has 1 aromatic carbocycles. The Bertz CT molecular complexity index is 381. The normalized spacial score (nSPS) is 18.4. The molecule has 1 N–H and O–H groups in total. The quantitative estimate of drug-likeness (QED) is 0.796. The summed E-state index contributed by atoms with van der Waals surface area (Å²) in [5, 5.41) is 3.40. The lowest BCUT2D eigenvalue weighted by Crippen LogP contribution is -2.22. The summed E-state index contributed by atoms with van der Waals surface area (Å²) < 4.78 is 5.95. The molecule has 0 saturated heterocycles. The molecule has 3 heteroatoms. The van der Waals surface area contributed by atoms with E-state index < -0.39 is 0 Å². The van der Waals surface area contributed by atoms with Crippen molar-refractivity contribution < 1.29 is 4.74 Å². The number of hydrogen-bond acceptors (Lipinski definition) is 3.